The zero-order valence-electron chi connectivity index (χ0n) is 19.8. The summed E-state index contributed by atoms with van der Waals surface area (Å²) < 4.78 is 2.22. The van der Waals surface area contributed by atoms with Crippen molar-refractivity contribution in [3.05, 3.63) is 30.1 Å². The Bertz CT molecular complexity index is 892. The van der Waals surface area contributed by atoms with Gasteiger partial charge < -0.3 is 9.47 Å². The maximum Gasteiger partial charge on any atom is 0.227 e. The van der Waals surface area contributed by atoms with Crippen LogP contribution in [0, 0.1) is 5.92 Å². The highest BCUT2D eigenvalue weighted by molar-refractivity contribution is 5.80. The minimum atomic E-state index is 0.155. The summed E-state index contributed by atoms with van der Waals surface area (Å²) in [5.41, 5.74) is 2.25. The molecular formula is C27H40N4O. The van der Waals surface area contributed by atoms with Crippen molar-refractivity contribution in [1.29, 1.82) is 0 Å². The van der Waals surface area contributed by atoms with Crippen molar-refractivity contribution in [2.24, 2.45) is 13.0 Å². The van der Waals surface area contributed by atoms with Gasteiger partial charge >= 0.3 is 0 Å². The minimum Gasteiger partial charge on any atom is -0.336 e. The number of nitrogens with zero attached hydrogens (tertiary/aromatic N) is 4. The van der Waals surface area contributed by atoms with Crippen LogP contribution < -0.4 is 0 Å². The number of hydrogen-bond acceptors (Lipinski definition) is 3. The molecule has 3 aliphatic rings. The average Bonchev–Trinajstić information content (AvgIpc) is 3.16. The van der Waals surface area contributed by atoms with E-state index in [4.69, 9.17) is 4.98 Å². The Kier molecular flexibility index (Phi) is 6.82. The Balaban J connectivity index is 1.30. The van der Waals surface area contributed by atoms with Crippen LogP contribution in [0.5, 0.6) is 0 Å². The van der Waals surface area contributed by atoms with Crippen molar-refractivity contribution in [3.63, 3.8) is 0 Å². The van der Waals surface area contributed by atoms with E-state index in [1.807, 2.05) is 0 Å². The summed E-state index contributed by atoms with van der Waals surface area (Å²) in [5, 5.41) is 0. The predicted octanol–water partition coefficient (Wildman–Crippen LogP) is 5.28. The van der Waals surface area contributed by atoms with E-state index >= 15 is 0 Å². The molecular weight excluding hydrogens is 396 g/mol. The SMILES string of the molecule is Cn1c(CN2CCC[C@@H](C(=O)N(C3CCCCC3)C3CCCCC3)C2)nc2ccccc21. The van der Waals surface area contributed by atoms with Gasteiger partial charge in [0.2, 0.25) is 5.91 Å². The van der Waals surface area contributed by atoms with Gasteiger partial charge in [0.05, 0.1) is 23.5 Å². The summed E-state index contributed by atoms with van der Waals surface area (Å²) >= 11 is 0. The van der Waals surface area contributed by atoms with Crippen molar-refractivity contribution in [3.8, 4) is 0 Å². The second-order valence-corrected chi connectivity index (χ2v) is 10.5. The lowest BCUT2D eigenvalue weighted by Gasteiger charge is -2.44. The second-order valence-electron chi connectivity index (χ2n) is 10.5. The van der Waals surface area contributed by atoms with E-state index in [0.717, 1.165) is 43.8 Å². The van der Waals surface area contributed by atoms with Gasteiger partial charge in [0.15, 0.2) is 0 Å². The molecule has 1 aromatic carbocycles. The zero-order chi connectivity index (χ0) is 21.9. The van der Waals surface area contributed by atoms with Gasteiger partial charge in [-0.15, -0.1) is 0 Å². The van der Waals surface area contributed by atoms with Crippen molar-refractivity contribution in [1.82, 2.24) is 19.4 Å². The first-order valence-electron chi connectivity index (χ1n) is 13.2. The first-order valence-corrected chi connectivity index (χ1v) is 13.2. The van der Waals surface area contributed by atoms with Crippen LogP contribution in [0.2, 0.25) is 0 Å². The van der Waals surface area contributed by atoms with Crippen LogP contribution >= 0.6 is 0 Å². The largest absolute Gasteiger partial charge is 0.336 e. The number of carbonyl (C=O) groups is 1. The van der Waals surface area contributed by atoms with E-state index in [2.05, 4.69) is 45.7 Å². The molecule has 1 aliphatic heterocycles. The van der Waals surface area contributed by atoms with Crippen molar-refractivity contribution in [2.75, 3.05) is 13.1 Å². The van der Waals surface area contributed by atoms with Crippen LogP contribution in [0.15, 0.2) is 24.3 Å². The van der Waals surface area contributed by atoms with E-state index in [0.29, 0.717) is 18.0 Å². The maximum atomic E-state index is 14.0. The van der Waals surface area contributed by atoms with E-state index in [-0.39, 0.29) is 5.92 Å². The number of para-hydroxylation sites is 2. The number of aromatic nitrogens is 2. The third-order valence-electron chi connectivity index (χ3n) is 8.29. The average molecular weight is 437 g/mol. The molecule has 3 fully saturated rings. The number of likely N-dealkylation sites (tertiary alicyclic amines) is 1. The molecule has 1 saturated heterocycles. The Labute approximate surface area is 193 Å². The standard InChI is InChI=1S/C27H40N4O/c1-29-25-17-9-8-16-24(25)28-26(29)20-30-18-10-11-21(19-30)27(32)31(22-12-4-2-5-13-22)23-14-6-3-7-15-23/h8-9,16-17,21-23H,2-7,10-15,18-20H2,1H3/t21-/m1/s1. The minimum absolute atomic E-state index is 0.155. The van der Waals surface area contributed by atoms with Crippen LogP contribution in [0.3, 0.4) is 0 Å². The van der Waals surface area contributed by atoms with Gasteiger partial charge in [-0.2, -0.15) is 0 Å². The summed E-state index contributed by atoms with van der Waals surface area (Å²) in [7, 11) is 2.12. The monoisotopic (exact) mass is 436 g/mol. The lowest BCUT2D eigenvalue weighted by molar-refractivity contribution is -0.144. The van der Waals surface area contributed by atoms with Gasteiger partial charge in [-0.1, -0.05) is 50.7 Å². The van der Waals surface area contributed by atoms with Crippen molar-refractivity contribution in [2.45, 2.75) is 95.7 Å². The summed E-state index contributed by atoms with van der Waals surface area (Å²) in [4.78, 5) is 23.8. The number of piperidine rings is 1. The molecule has 0 spiro atoms. The molecule has 2 heterocycles. The number of aryl methyl sites for hydroxylation is 1. The van der Waals surface area contributed by atoms with E-state index in [9.17, 15) is 4.79 Å². The molecule has 174 valence electrons. The third-order valence-corrected chi connectivity index (χ3v) is 8.29. The van der Waals surface area contributed by atoms with Gasteiger partial charge in [-0.3, -0.25) is 9.69 Å². The molecule has 1 amide bonds. The highest BCUT2D eigenvalue weighted by atomic mass is 16.2. The Morgan fingerprint density at radius 1 is 0.938 bits per heavy atom. The van der Waals surface area contributed by atoms with Crippen LogP contribution in [-0.4, -0.2) is 50.4 Å². The van der Waals surface area contributed by atoms with Crippen molar-refractivity contribution >= 4 is 16.9 Å². The highest BCUT2D eigenvalue weighted by Gasteiger charge is 2.37. The number of imidazole rings is 1. The Hall–Kier alpha value is -1.88. The quantitative estimate of drug-likeness (QED) is 0.640. The summed E-state index contributed by atoms with van der Waals surface area (Å²) in [6.07, 6.45) is 14.9. The molecule has 5 rings (SSSR count). The number of amides is 1. The highest BCUT2D eigenvalue weighted by Crippen LogP contribution is 2.33. The van der Waals surface area contributed by atoms with Gasteiger partial charge in [0.1, 0.15) is 5.82 Å². The number of rotatable bonds is 5. The lowest BCUT2D eigenvalue weighted by Crippen LogP contribution is -2.53. The molecule has 5 heteroatoms. The molecule has 2 aromatic rings. The summed E-state index contributed by atoms with van der Waals surface area (Å²) in [6.45, 7) is 2.79. The first-order chi connectivity index (χ1) is 15.7. The fraction of sp³-hybridized carbons (Fsp3) is 0.704. The second kappa shape index (κ2) is 9.94. The van der Waals surface area contributed by atoms with Crippen LogP contribution in [0.25, 0.3) is 11.0 Å². The number of benzene rings is 1. The summed E-state index contributed by atoms with van der Waals surface area (Å²) in [5.74, 6) is 1.73. The molecule has 0 unspecified atom stereocenters. The fourth-order valence-electron chi connectivity index (χ4n) is 6.52. The maximum absolute atomic E-state index is 14.0. The predicted molar refractivity (Wildman–Crippen MR) is 129 cm³/mol. The van der Waals surface area contributed by atoms with Crippen molar-refractivity contribution < 1.29 is 4.79 Å². The molecule has 1 aromatic heterocycles. The zero-order valence-corrected chi connectivity index (χ0v) is 19.8. The normalized spacial score (nSPS) is 24.1. The number of hydrogen-bond donors (Lipinski definition) is 0. The molecule has 2 aliphatic carbocycles. The smallest absolute Gasteiger partial charge is 0.227 e. The van der Waals surface area contributed by atoms with Gasteiger partial charge in [-0.05, 0) is 57.2 Å². The Morgan fingerprint density at radius 2 is 1.59 bits per heavy atom. The number of carbonyl (C=O) groups excluding carboxylic acids is 1. The van der Waals surface area contributed by atoms with E-state index < -0.39 is 0 Å². The topological polar surface area (TPSA) is 41.4 Å². The van der Waals surface area contributed by atoms with Gasteiger partial charge in [0.25, 0.3) is 0 Å². The summed E-state index contributed by atoms with van der Waals surface area (Å²) in [6, 6.07) is 9.35. The van der Waals surface area contributed by atoms with Crippen LogP contribution in [-0.2, 0) is 18.4 Å². The van der Waals surface area contributed by atoms with E-state index in [1.165, 1.54) is 69.7 Å². The van der Waals surface area contributed by atoms with Crippen LogP contribution in [0.1, 0.15) is 82.9 Å². The molecule has 0 N–H and O–H groups in total. The first kappa shape index (κ1) is 21.9. The number of fused-ring (bicyclic) bond motifs is 1. The molecule has 2 saturated carbocycles. The molecule has 1 atom stereocenters. The molecule has 0 radical (unpaired) electrons. The molecule has 5 nitrogen and oxygen atoms in total. The third kappa shape index (κ3) is 4.59. The molecule has 0 bridgehead atoms. The van der Waals surface area contributed by atoms with Gasteiger partial charge in [0, 0.05) is 25.7 Å². The Morgan fingerprint density at radius 3 is 2.25 bits per heavy atom. The fourth-order valence-corrected chi connectivity index (χ4v) is 6.52. The van der Waals surface area contributed by atoms with Crippen LogP contribution in [0.4, 0.5) is 0 Å². The molecule has 32 heavy (non-hydrogen) atoms. The van der Waals surface area contributed by atoms with Gasteiger partial charge in [-0.25, -0.2) is 4.98 Å². The lowest BCUT2D eigenvalue weighted by atomic mass is 9.86. The van der Waals surface area contributed by atoms with E-state index in [1.54, 1.807) is 0 Å².